The molecule has 1 atom stereocenters. The molecule has 0 aliphatic rings. The molecule has 0 fully saturated rings. The zero-order valence-corrected chi connectivity index (χ0v) is 7.77. The summed E-state index contributed by atoms with van der Waals surface area (Å²) in [6, 6.07) is -0.130. The molecule has 0 spiro atoms. The lowest BCUT2D eigenvalue weighted by molar-refractivity contribution is -0.137. The molecule has 1 heterocycles. The van der Waals surface area contributed by atoms with Crippen molar-refractivity contribution in [2.75, 3.05) is 0 Å². The van der Waals surface area contributed by atoms with E-state index in [4.69, 9.17) is 5.11 Å². The summed E-state index contributed by atoms with van der Waals surface area (Å²) in [6.07, 6.45) is 2.56. The van der Waals surface area contributed by atoms with Crippen LogP contribution in [-0.2, 0) is 11.2 Å². The van der Waals surface area contributed by atoms with Crippen LogP contribution in [0.25, 0.3) is 0 Å². The van der Waals surface area contributed by atoms with Crippen molar-refractivity contribution < 1.29 is 9.90 Å². The summed E-state index contributed by atoms with van der Waals surface area (Å²) in [5.41, 5.74) is 0.966. The number of aromatic nitrogens is 3. The second-order valence-corrected chi connectivity index (χ2v) is 2.97. The van der Waals surface area contributed by atoms with Gasteiger partial charge in [0.25, 0.3) is 0 Å². The summed E-state index contributed by atoms with van der Waals surface area (Å²) in [7, 11) is 0. The Balaban J connectivity index is 2.75. The van der Waals surface area contributed by atoms with Gasteiger partial charge in [-0.05, 0) is 13.3 Å². The van der Waals surface area contributed by atoms with Crippen LogP contribution in [-0.4, -0.2) is 26.1 Å². The average Bonchev–Trinajstić information content (AvgIpc) is 2.49. The molecule has 0 amide bonds. The quantitative estimate of drug-likeness (QED) is 0.752. The van der Waals surface area contributed by atoms with Crippen molar-refractivity contribution in [3.05, 3.63) is 11.9 Å². The molecule has 0 bridgehead atoms. The molecule has 5 nitrogen and oxygen atoms in total. The minimum Gasteiger partial charge on any atom is -0.481 e. The molecule has 0 aliphatic carbocycles. The lowest BCUT2D eigenvalue weighted by atomic mass is 10.2. The van der Waals surface area contributed by atoms with E-state index in [9.17, 15) is 4.79 Å². The van der Waals surface area contributed by atoms with Crippen LogP contribution in [0.2, 0.25) is 0 Å². The van der Waals surface area contributed by atoms with Crippen LogP contribution in [0.4, 0.5) is 0 Å². The Morgan fingerprint density at radius 3 is 3.00 bits per heavy atom. The van der Waals surface area contributed by atoms with Crippen LogP contribution in [0.5, 0.6) is 0 Å². The zero-order chi connectivity index (χ0) is 9.84. The molecule has 1 N–H and O–H groups in total. The SMILES string of the molecule is CCc1cnnn1C(C)CC(=O)O. The fourth-order valence-electron chi connectivity index (χ4n) is 1.23. The second-order valence-electron chi connectivity index (χ2n) is 2.97. The van der Waals surface area contributed by atoms with E-state index >= 15 is 0 Å². The van der Waals surface area contributed by atoms with Crippen molar-refractivity contribution in [3.8, 4) is 0 Å². The van der Waals surface area contributed by atoms with Crippen molar-refractivity contribution in [2.45, 2.75) is 32.7 Å². The summed E-state index contributed by atoms with van der Waals surface area (Å²) in [6.45, 7) is 3.81. The third-order valence-electron chi connectivity index (χ3n) is 1.90. The van der Waals surface area contributed by atoms with Gasteiger partial charge in [0.1, 0.15) is 0 Å². The van der Waals surface area contributed by atoms with Crippen LogP contribution in [0.3, 0.4) is 0 Å². The first-order valence-electron chi connectivity index (χ1n) is 4.26. The molecule has 72 valence electrons. The van der Waals surface area contributed by atoms with Crippen LogP contribution < -0.4 is 0 Å². The highest BCUT2D eigenvalue weighted by atomic mass is 16.4. The smallest absolute Gasteiger partial charge is 0.305 e. The fourth-order valence-corrected chi connectivity index (χ4v) is 1.23. The molecule has 1 aromatic rings. The van der Waals surface area contributed by atoms with Crippen LogP contribution in [0, 0.1) is 0 Å². The Morgan fingerprint density at radius 1 is 1.77 bits per heavy atom. The highest BCUT2D eigenvalue weighted by molar-refractivity contribution is 5.67. The summed E-state index contributed by atoms with van der Waals surface area (Å²) in [5, 5.41) is 16.2. The van der Waals surface area contributed by atoms with Gasteiger partial charge >= 0.3 is 5.97 Å². The van der Waals surface area contributed by atoms with Crippen molar-refractivity contribution in [1.82, 2.24) is 15.0 Å². The van der Waals surface area contributed by atoms with E-state index in [0.29, 0.717) is 0 Å². The first-order chi connectivity index (χ1) is 6.15. The number of aryl methyl sites for hydroxylation is 1. The molecule has 0 saturated heterocycles. The lowest BCUT2D eigenvalue weighted by Crippen LogP contribution is -2.14. The van der Waals surface area contributed by atoms with E-state index in [1.165, 1.54) is 0 Å². The van der Waals surface area contributed by atoms with Crippen molar-refractivity contribution in [3.63, 3.8) is 0 Å². The van der Waals surface area contributed by atoms with Crippen LogP contribution >= 0.6 is 0 Å². The third kappa shape index (κ3) is 2.27. The van der Waals surface area contributed by atoms with Crippen molar-refractivity contribution in [1.29, 1.82) is 0 Å². The van der Waals surface area contributed by atoms with E-state index in [2.05, 4.69) is 10.3 Å². The summed E-state index contributed by atoms with van der Waals surface area (Å²) in [4.78, 5) is 10.4. The van der Waals surface area contributed by atoms with Gasteiger partial charge in [0, 0.05) is 0 Å². The molecule has 1 unspecified atom stereocenters. The number of hydrogen-bond donors (Lipinski definition) is 1. The normalized spacial score (nSPS) is 12.8. The van der Waals surface area contributed by atoms with Gasteiger partial charge < -0.3 is 5.11 Å². The lowest BCUT2D eigenvalue weighted by Gasteiger charge is -2.10. The Hall–Kier alpha value is -1.39. The van der Waals surface area contributed by atoms with Gasteiger partial charge in [0.2, 0.25) is 0 Å². The third-order valence-corrected chi connectivity index (χ3v) is 1.90. The van der Waals surface area contributed by atoms with Gasteiger partial charge in [-0.1, -0.05) is 12.1 Å². The molecule has 1 rings (SSSR count). The van der Waals surface area contributed by atoms with Gasteiger partial charge in [0.05, 0.1) is 24.4 Å². The minimum atomic E-state index is -0.815. The Bertz CT molecular complexity index is 295. The van der Waals surface area contributed by atoms with Gasteiger partial charge in [-0.15, -0.1) is 5.10 Å². The number of nitrogens with zero attached hydrogens (tertiary/aromatic N) is 3. The van der Waals surface area contributed by atoms with Crippen molar-refractivity contribution in [2.24, 2.45) is 0 Å². The first-order valence-corrected chi connectivity index (χ1v) is 4.26. The molecule has 5 heteroatoms. The molecule has 0 radical (unpaired) electrons. The molecule has 13 heavy (non-hydrogen) atoms. The fraction of sp³-hybridized carbons (Fsp3) is 0.625. The topological polar surface area (TPSA) is 68.0 Å². The van der Waals surface area contributed by atoms with E-state index < -0.39 is 5.97 Å². The molecule has 0 saturated carbocycles. The standard InChI is InChI=1S/C8H13N3O2/c1-3-7-5-9-10-11(7)6(2)4-8(12)13/h5-6H,3-4H2,1-2H3,(H,12,13). The monoisotopic (exact) mass is 183 g/mol. The van der Waals surface area contributed by atoms with Gasteiger partial charge in [-0.25, -0.2) is 4.68 Å². The highest BCUT2D eigenvalue weighted by Crippen LogP contribution is 2.11. The van der Waals surface area contributed by atoms with Crippen molar-refractivity contribution >= 4 is 5.97 Å². The number of aliphatic carboxylic acids is 1. The maximum atomic E-state index is 10.4. The largest absolute Gasteiger partial charge is 0.481 e. The molecule has 0 aromatic carbocycles. The number of carboxylic acid groups (broad SMARTS) is 1. The maximum Gasteiger partial charge on any atom is 0.305 e. The first kappa shape index (κ1) is 9.70. The summed E-state index contributed by atoms with van der Waals surface area (Å²) >= 11 is 0. The number of rotatable bonds is 4. The van der Waals surface area contributed by atoms with E-state index in [1.54, 1.807) is 10.9 Å². The van der Waals surface area contributed by atoms with E-state index in [-0.39, 0.29) is 12.5 Å². The number of carbonyl (C=O) groups is 1. The second kappa shape index (κ2) is 4.02. The Labute approximate surface area is 76.4 Å². The van der Waals surface area contributed by atoms with Crippen LogP contribution in [0.1, 0.15) is 32.0 Å². The Kier molecular flexibility index (Phi) is 3.00. The number of hydrogen-bond acceptors (Lipinski definition) is 3. The average molecular weight is 183 g/mol. The van der Waals surface area contributed by atoms with Gasteiger partial charge in [-0.3, -0.25) is 4.79 Å². The summed E-state index contributed by atoms with van der Waals surface area (Å²) < 4.78 is 1.66. The molecular weight excluding hydrogens is 170 g/mol. The van der Waals surface area contributed by atoms with Crippen LogP contribution in [0.15, 0.2) is 6.20 Å². The minimum absolute atomic E-state index is 0.0797. The Morgan fingerprint density at radius 2 is 2.46 bits per heavy atom. The van der Waals surface area contributed by atoms with Gasteiger partial charge in [-0.2, -0.15) is 0 Å². The van der Waals surface area contributed by atoms with E-state index in [0.717, 1.165) is 12.1 Å². The maximum absolute atomic E-state index is 10.4. The molecular formula is C8H13N3O2. The zero-order valence-electron chi connectivity index (χ0n) is 7.77. The van der Waals surface area contributed by atoms with E-state index in [1.807, 2.05) is 13.8 Å². The predicted octanol–water partition coefficient (Wildman–Crippen LogP) is 0.876. The summed E-state index contributed by atoms with van der Waals surface area (Å²) in [5.74, 6) is -0.815. The molecule has 1 aromatic heterocycles. The number of carboxylic acids is 1. The van der Waals surface area contributed by atoms with Gasteiger partial charge in [0.15, 0.2) is 0 Å². The highest BCUT2D eigenvalue weighted by Gasteiger charge is 2.13. The molecule has 0 aliphatic heterocycles. The predicted molar refractivity (Wildman–Crippen MR) is 46.4 cm³/mol.